The Morgan fingerprint density at radius 3 is 1.58 bits per heavy atom. The maximum absolute atomic E-state index is 12.5. The molecule has 0 amide bonds. The summed E-state index contributed by atoms with van der Waals surface area (Å²) >= 11 is 0. The minimum atomic E-state index is -4.53. The second-order valence-electron chi connectivity index (χ2n) is 11.8. The van der Waals surface area contributed by atoms with E-state index in [1.807, 2.05) is 0 Å². The monoisotopic (exact) mass is 722 g/mol. The molecule has 50 heavy (non-hydrogen) atoms. The van der Waals surface area contributed by atoms with Crippen molar-refractivity contribution in [3.63, 3.8) is 0 Å². The minimum absolute atomic E-state index is 0.00992. The molecule has 0 fully saturated rings. The highest BCUT2D eigenvalue weighted by molar-refractivity contribution is 7.47. The van der Waals surface area contributed by atoms with Crippen molar-refractivity contribution in [2.24, 2.45) is 0 Å². The van der Waals surface area contributed by atoms with Gasteiger partial charge < -0.3 is 24.6 Å². The van der Waals surface area contributed by atoms with Crippen LogP contribution in [-0.2, 0) is 27.9 Å². The maximum atomic E-state index is 12.5. The average Bonchev–Trinajstić information content (AvgIpc) is 3.10. The smallest absolute Gasteiger partial charge is 0.457 e. The molecule has 286 valence electrons. The number of phosphoric ester groups is 1. The Labute approximate surface area is 303 Å². The Hall–Kier alpha value is -2.36. The van der Waals surface area contributed by atoms with E-state index in [4.69, 9.17) is 23.6 Å². The van der Waals surface area contributed by atoms with E-state index in [2.05, 4.69) is 98.9 Å². The van der Waals surface area contributed by atoms with E-state index in [1.54, 1.807) is 0 Å². The highest BCUT2D eigenvalue weighted by Gasteiger charge is 2.26. The summed E-state index contributed by atoms with van der Waals surface area (Å²) in [7, 11) is -4.53. The number of unbranched alkanes of at least 4 members (excludes halogenated alkanes) is 6. The molecular formula is C40H67O9P. The van der Waals surface area contributed by atoms with Gasteiger partial charge in [0.05, 0.1) is 26.4 Å². The van der Waals surface area contributed by atoms with Crippen molar-refractivity contribution in [1.29, 1.82) is 0 Å². The van der Waals surface area contributed by atoms with Crippen LogP contribution in [0, 0.1) is 0 Å². The Balaban J connectivity index is 4.38. The van der Waals surface area contributed by atoms with Crippen LogP contribution in [0.5, 0.6) is 0 Å². The number of carbonyl (C=O) groups is 1. The summed E-state index contributed by atoms with van der Waals surface area (Å²) in [6.07, 6.45) is 42.6. The number of rotatable bonds is 34. The number of carbonyl (C=O) groups excluding carboxylic acids is 1. The van der Waals surface area contributed by atoms with Crippen molar-refractivity contribution in [3.05, 3.63) is 85.1 Å². The first-order valence-corrected chi connectivity index (χ1v) is 20.1. The number of esters is 1. The molecule has 0 radical (unpaired) electrons. The Kier molecular flexibility index (Phi) is 34.7. The van der Waals surface area contributed by atoms with Crippen LogP contribution in [0.25, 0.3) is 0 Å². The average molecular weight is 723 g/mol. The van der Waals surface area contributed by atoms with Gasteiger partial charge in [-0.2, -0.15) is 0 Å². The molecule has 0 spiro atoms. The molecule has 0 rings (SSSR count). The van der Waals surface area contributed by atoms with Crippen molar-refractivity contribution >= 4 is 13.8 Å². The quantitative estimate of drug-likeness (QED) is 0.0257. The summed E-state index contributed by atoms with van der Waals surface area (Å²) in [5.74, 6) is -0.428. The predicted octanol–water partition coefficient (Wildman–Crippen LogP) is 9.58. The van der Waals surface area contributed by atoms with Crippen molar-refractivity contribution in [2.45, 2.75) is 129 Å². The molecule has 0 saturated heterocycles. The van der Waals surface area contributed by atoms with E-state index in [1.165, 1.54) is 0 Å². The third kappa shape index (κ3) is 35.5. The lowest BCUT2D eigenvalue weighted by Crippen LogP contribution is -2.29. The van der Waals surface area contributed by atoms with Gasteiger partial charge >= 0.3 is 13.8 Å². The van der Waals surface area contributed by atoms with Gasteiger partial charge in [-0.15, -0.1) is 0 Å². The second kappa shape index (κ2) is 36.4. The number of allylic oxidation sites excluding steroid dienone is 14. The van der Waals surface area contributed by atoms with Gasteiger partial charge in [0.25, 0.3) is 0 Å². The largest absolute Gasteiger partial charge is 0.472 e. The third-order valence-electron chi connectivity index (χ3n) is 7.08. The molecule has 3 atom stereocenters. The van der Waals surface area contributed by atoms with Crippen LogP contribution < -0.4 is 0 Å². The molecule has 0 aliphatic carbocycles. The molecule has 0 bridgehead atoms. The molecule has 0 heterocycles. The SMILES string of the molecule is CC/C=C\C/C=C\C/C=C\C/C=C\CCCCCOCC(COP(=O)(O)OCC(O)CO)OC(=O)CCCCC/C=C\C/C=C\C/C=C\CC. The molecule has 3 unspecified atom stereocenters. The summed E-state index contributed by atoms with van der Waals surface area (Å²) < 4.78 is 33.1. The molecule has 10 heteroatoms. The summed E-state index contributed by atoms with van der Waals surface area (Å²) in [4.78, 5) is 22.4. The molecule has 0 aliphatic heterocycles. The fraction of sp³-hybridized carbons (Fsp3) is 0.625. The molecule has 0 aliphatic rings. The standard InChI is InChI=1S/C40H67O9P/c1-3-5-7-9-11-13-15-17-18-19-21-23-25-27-29-31-33-46-36-39(37-48-50(44,45)47-35-38(42)34-41)49-40(43)32-30-28-26-24-22-20-16-14-12-10-8-6-4-2/h5-8,11-14,17-18,20-23,38-39,41-42H,3-4,9-10,15-16,19,24-37H2,1-2H3,(H,44,45)/b7-5-,8-6-,13-11-,14-12-,18-17-,22-20-,23-21-. The predicted molar refractivity (Wildman–Crippen MR) is 205 cm³/mol. The summed E-state index contributed by atoms with van der Waals surface area (Å²) in [5, 5.41) is 18.3. The van der Waals surface area contributed by atoms with E-state index in [0.29, 0.717) is 13.0 Å². The van der Waals surface area contributed by atoms with Gasteiger partial charge in [-0.05, 0) is 83.5 Å². The first-order chi connectivity index (χ1) is 24.3. The van der Waals surface area contributed by atoms with Gasteiger partial charge in [0.1, 0.15) is 12.2 Å². The number of aliphatic hydroxyl groups is 2. The van der Waals surface area contributed by atoms with Crippen LogP contribution in [0.4, 0.5) is 0 Å². The fourth-order valence-corrected chi connectivity index (χ4v) is 5.09. The normalized spacial score (nSPS) is 15.2. The summed E-state index contributed by atoms with van der Waals surface area (Å²) in [6.45, 7) is 3.12. The zero-order valence-electron chi connectivity index (χ0n) is 30.8. The van der Waals surface area contributed by atoms with Gasteiger partial charge in [0.2, 0.25) is 0 Å². The molecule has 9 nitrogen and oxygen atoms in total. The zero-order valence-corrected chi connectivity index (χ0v) is 31.7. The lowest BCUT2D eigenvalue weighted by Gasteiger charge is -2.20. The molecule has 0 aromatic heterocycles. The summed E-state index contributed by atoms with van der Waals surface area (Å²) in [6, 6.07) is 0. The van der Waals surface area contributed by atoms with Crippen molar-refractivity contribution < 1.29 is 43.0 Å². The van der Waals surface area contributed by atoms with Gasteiger partial charge in [-0.1, -0.05) is 112 Å². The van der Waals surface area contributed by atoms with Crippen molar-refractivity contribution in [3.8, 4) is 0 Å². The Bertz CT molecular complexity index is 1050. The van der Waals surface area contributed by atoms with Gasteiger partial charge in [-0.25, -0.2) is 4.57 Å². The number of aliphatic hydroxyl groups excluding tert-OH is 2. The van der Waals surface area contributed by atoms with Crippen LogP contribution >= 0.6 is 7.82 Å². The highest BCUT2D eigenvalue weighted by atomic mass is 31.2. The van der Waals surface area contributed by atoms with Crippen molar-refractivity contribution in [1.82, 2.24) is 0 Å². The molecule has 0 aromatic carbocycles. The topological polar surface area (TPSA) is 132 Å². The van der Waals surface area contributed by atoms with E-state index < -0.39 is 45.8 Å². The third-order valence-corrected chi connectivity index (χ3v) is 8.03. The van der Waals surface area contributed by atoms with Gasteiger partial charge in [-0.3, -0.25) is 13.8 Å². The summed E-state index contributed by atoms with van der Waals surface area (Å²) in [5.41, 5.74) is 0. The number of ether oxygens (including phenoxy) is 2. The molecule has 3 N–H and O–H groups in total. The number of hydrogen-bond acceptors (Lipinski definition) is 8. The maximum Gasteiger partial charge on any atom is 0.472 e. The molecule has 0 saturated carbocycles. The van der Waals surface area contributed by atoms with Crippen LogP contribution in [-0.4, -0.2) is 66.3 Å². The number of phosphoric acid groups is 1. The van der Waals surface area contributed by atoms with Gasteiger partial charge in [0, 0.05) is 13.0 Å². The van der Waals surface area contributed by atoms with Crippen LogP contribution in [0.2, 0.25) is 0 Å². The van der Waals surface area contributed by atoms with Crippen molar-refractivity contribution in [2.75, 3.05) is 33.0 Å². The van der Waals surface area contributed by atoms with Gasteiger partial charge in [0.15, 0.2) is 0 Å². The van der Waals surface area contributed by atoms with Crippen LogP contribution in [0.3, 0.4) is 0 Å². The van der Waals surface area contributed by atoms with E-state index in [-0.39, 0.29) is 13.0 Å². The second-order valence-corrected chi connectivity index (χ2v) is 13.3. The first kappa shape index (κ1) is 47.6. The lowest BCUT2D eigenvalue weighted by molar-refractivity contribution is -0.154. The van der Waals surface area contributed by atoms with E-state index >= 15 is 0 Å². The molecular weight excluding hydrogens is 655 g/mol. The van der Waals surface area contributed by atoms with Crippen LogP contribution in [0.1, 0.15) is 117 Å². The number of hydrogen-bond donors (Lipinski definition) is 3. The van der Waals surface area contributed by atoms with E-state index in [0.717, 1.165) is 89.9 Å². The Morgan fingerprint density at radius 1 is 0.620 bits per heavy atom. The molecule has 0 aromatic rings. The lowest BCUT2D eigenvalue weighted by atomic mass is 10.1. The minimum Gasteiger partial charge on any atom is -0.457 e. The fourth-order valence-electron chi connectivity index (χ4n) is 4.30. The zero-order chi connectivity index (χ0) is 36.8. The Morgan fingerprint density at radius 2 is 1.08 bits per heavy atom. The van der Waals surface area contributed by atoms with E-state index in [9.17, 15) is 19.4 Å². The van der Waals surface area contributed by atoms with Crippen LogP contribution in [0.15, 0.2) is 85.1 Å². The highest BCUT2D eigenvalue weighted by Crippen LogP contribution is 2.43. The first-order valence-electron chi connectivity index (χ1n) is 18.6.